The molecule has 2 rings (SSSR count). The van der Waals surface area contributed by atoms with Crippen LogP contribution in [-0.4, -0.2) is 36.0 Å². The van der Waals surface area contributed by atoms with Gasteiger partial charge in [-0.25, -0.2) is 4.79 Å². The van der Waals surface area contributed by atoms with Gasteiger partial charge in [0.15, 0.2) is 0 Å². The number of carbonyl (C=O) groups is 1. The van der Waals surface area contributed by atoms with Crippen LogP contribution in [0.4, 0.5) is 0 Å². The normalized spacial score (nSPS) is 19.5. The molecule has 0 amide bonds. The lowest BCUT2D eigenvalue weighted by atomic mass is 10.2. The number of esters is 1. The smallest absolute Gasteiger partial charge is 0.332 e. The molecule has 1 aliphatic heterocycles. The number of benzene rings is 1. The first kappa shape index (κ1) is 15.8. The van der Waals surface area contributed by atoms with Crippen LogP contribution in [0.3, 0.4) is 0 Å². The van der Waals surface area contributed by atoms with Crippen molar-refractivity contribution in [2.75, 3.05) is 13.2 Å². The van der Waals surface area contributed by atoms with Crippen molar-refractivity contribution in [2.45, 2.75) is 45.4 Å². The molecular formula is C16H23NO4. The first-order valence-corrected chi connectivity index (χ1v) is 7.27. The Morgan fingerprint density at radius 2 is 2.00 bits per heavy atom. The summed E-state index contributed by atoms with van der Waals surface area (Å²) in [7, 11) is 0. The van der Waals surface area contributed by atoms with Crippen LogP contribution in [0.15, 0.2) is 30.3 Å². The van der Waals surface area contributed by atoms with E-state index in [9.17, 15) is 4.79 Å². The van der Waals surface area contributed by atoms with E-state index in [0.717, 1.165) is 25.1 Å². The van der Waals surface area contributed by atoms with Gasteiger partial charge in [-0.1, -0.05) is 18.2 Å². The molecule has 116 valence electrons. The van der Waals surface area contributed by atoms with E-state index in [-0.39, 0.29) is 18.8 Å². The SMILES string of the molecule is CC(C)(C)OC(=O)COC1CCCN1Oc1ccccc1. The molecule has 21 heavy (non-hydrogen) atoms. The van der Waals surface area contributed by atoms with Gasteiger partial charge in [-0.3, -0.25) is 0 Å². The number of rotatable bonds is 5. The Morgan fingerprint density at radius 3 is 2.67 bits per heavy atom. The number of hydrogen-bond donors (Lipinski definition) is 0. The molecule has 1 aromatic rings. The lowest BCUT2D eigenvalue weighted by Gasteiger charge is -2.25. The maximum absolute atomic E-state index is 11.7. The van der Waals surface area contributed by atoms with Crippen LogP contribution in [0.25, 0.3) is 0 Å². The summed E-state index contributed by atoms with van der Waals surface area (Å²) in [5.74, 6) is 0.416. The van der Waals surface area contributed by atoms with Crippen LogP contribution < -0.4 is 4.84 Å². The van der Waals surface area contributed by atoms with Gasteiger partial charge >= 0.3 is 5.97 Å². The van der Waals surface area contributed by atoms with Crippen molar-refractivity contribution in [2.24, 2.45) is 0 Å². The second-order valence-electron chi connectivity index (χ2n) is 6.04. The third-order valence-corrected chi connectivity index (χ3v) is 2.93. The number of nitrogens with zero attached hydrogens (tertiary/aromatic N) is 1. The third-order valence-electron chi connectivity index (χ3n) is 2.93. The van der Waals surface area contributed by atoms with Gasteiger partial charge in [0, 0.05) is 6.54 Å². The lowest BCUT2D eigenvalue weighted by Crippen LogP contribution is -2.37. The molecule has 1 heterocycles. The maximum Gasteiger partial charge on any atom is 0.332 e. The van der Waals surface area contributed by atoms with Gasteiger partial charge in [0.1, 0.15) is 24.2 Å². The molecule has 1 atom stereocenters. The average Bonchev–Trinajstić information content (AvgIpc) is 2.83. The van der Waals surface area contributed by atoms with E-state index in [1.807, 2.05) is 51.1 Å². The highest BCUT2D eigenvalue weighted by molar-refractivity contribution is 5.71. The number of hydrogen-bond acceptors (Lipinski definition) is 5. The Kier molecular flexibility index (Phi) is 5.20. The van der Waals surface area contributed by atoms with Gasteiger partial charge in [-0.15, -0.1) is 5.06 Å². The van der Waals surface area contributed by atoms with Crippen LogP contribution >= 0.6 is 0 Å². The van der Waals surface area contributed by atoms with E-state index in [1.54, 1.807) is 5.06 Å². The fourth-order valence-corrected chi connectivity index (χ4v) is 2.13. The van der Waals surface area contributed by atoms with E-state index in [0.29, 0.717) is 0 Å². The first-order valence-electron chi connectivity index (χ1n) is 7.27. The molecule has 1 aromatic carbocycles. The highest BCUT2D eigenvalue weighted by Gasteiger charge is 2.28. The van der Waals surface area contributed by atoms with Gasteiger partial charge in [0.2, 0.25) is 0 Å². The van der Waals surface area contributed by atoms with E-state index in [4.69, 9.17) is 14.3 Å². The van der Waals surface area contributed by atoms with E-state index in [1.165, 1.54) is 0 Å². The minimum atomic E-state index is -0.490. The summed E-state index contributed by atoms with van der Waals surface area (Å²) >= 11 is 0. The summed E-state index contributed by atoms with van der Waals surface area (Å²) in [6.45, 7) is 6.24. The fourth-order valence-electron chi connectivity index (χ4n) is 2.13. The van der Waals surface area contributed by atoms with Crippen LogP contribution in [0.2, 0.25) is 0 Å². The van der Waals surface area contributed by atoms with Gasteiger partial charge in [0.05, 0.1) is 0 Å². The standard InChI is InChI=1S/C16H23NO4/c1-16(2,3)20-15(18)12-19-14-10-7-11-17(14)21-13-8-5-4-6-9-13/h4-6,8-9,14H,7,10-12H2,1-3H3. The quantitative estimate of drug-likeness (QED) is 0.781. The molecular weight excluding hydrogens is 270 g/mol. The molecule has 0 N–H and O–H groups in total. The van der Waals surface area contributed by atoms with Crippen molar-refractivity contribution in [1.29, 1.82) is 0 Å². The molecule has 1 fully saturated rings. The Bertz CT molecular complexity index is 455. The largest absolute Gasteiger partial charge is 0.458 e. The van der Waals surface area contributed by atoms with Crippen molar-refractivity contribution in [3.05, 3.63) is 30.3 Å². The summed E-state index contributed by atoms with van der Waals surface area (Å²) < 4.78 is 10.8. The summed E-state index contributed by atoms with van der Waals surface area (Å²) in [4.78, 5) is 17.5. The minimum Gasteiger partial charge on any atom is -0.458 e. The zero-order valence-electron chi connectivity index (χ0n) is 12.9. The molecule has 0 saturated carbocycles. The Hall–Kier alpha value is -1.59. The van der Waals surface area contributed by atoms with Crippen LogP contribution in [-0.2, 0) is 14.3 Å². The predicted octanol–water partition coefficient (Wildman–Crippen LogP) is 2.76. The molecule has 1 unspecified atom stereocenters. The Labute approximate surface area is 125 Å². The average molecular weight is 293 g/mol. The topological polar surface area (TPSA) is 48.0 Å². The van der Waals surface area contributed by atoms with Crippen LogP contribution in [0.5, 0.6) is 5.75 Å². The van der Waals surface area contributed by atoms with Gasteiger partial charge in [0.25, 0.3) is 0 Å². The van der Waals surface area contributed by atoms with Gasteiger partial charge in [-0.05, 0) is 45.7 Å². The number of hydroxylamine groups is 2. The maximum atomic E-state index is 11.7. The van der Waals surface area contributed by atoms with Crippen molar-refractivity contribution < 1.29 is 19.1 Å². The molecule has 1 saturated heterocycles. The second kappa shape index (κ2) is 6.91. The van der Waals surface area contributed by atoms with Gasteiger partial charge in [-0.2, -0.15) is 0 Å². The van der Waals surface area contributed by atoms with Crippen molar-refractivity contribution in [1.82, 2.24) is 5.06 Å². The summed E-state index contributed by atoms with van der Waals surface area (Å²) in [5, 5.41) is 1.78. The van der Waals surface area contributed by atoms with Gasteiger partial charge < -0.3 is 14.3 Å². The Balaban J connectivity index is 1.81. The number of ether oxygens (including phenoxy) is 2. The van der Waals surface area contributed by atoms with Crippen LogP contribution in [0.1, 0.15) is 33.6 Å². The van der Waals surface area contributed by atoms with Crippen molar-refractivity contribution in [3.8, 4) is 5.75 Å². The predicted molar refractivity (Wildman–Crippen MR) is 78.6 cm³/mol. The zero-order valence-corrected chi connectivity index (χ0v) is 12.9. The summed E-state index contributed by atoms with van der Waals surface area (Å²) in [5.41, 5.74) is -0.490. The molecule has 5 nitrogen and oxygen atoms in total. The lowest BCUT2D eigenvalue weighted by molar-refractivity contribution is -0.188. The van der Waals surface area contributed by atoms with E-state index >= 15 is 0 Å². The first-order chi connectivity index (χ1) is 9.94. The van der Waals surface area contributed by atoms with E-state index < -0.39 is 5.60 Å². The molecule has 5 heteroatoms. The molecule has 0 aromatic heterocycles. The Morgan fingerprint density at radius 1 is 1.29 bits per heavy atom. The van der Waals surface area contributed by atoms with E-state index in [2.05, 4.69) is 0 Å². The molecule has 0 bridgehead atoms. The monoisotopic (exact) mass is 293 g/mol. The number of carbonyl (C=O) groups excluding carboxylic acids is 1. The zero-order chi connectivity index (χ0) is 15.3. The third kappa shape index (κ3) is 5.36. The van der Waals surface area contributed by atoms with Crippen molar-refractivity contribution in [3.63, 3.8) is 0 Å². The number of para-hydroxylation sites is 1. The minimum absolute atomic E-state index is 0.0589. The second-order valence-corrected chi connectivity index (χ2v) is 6.04. The van der Waals surface area contributed by atoms with Crippen molar-refractivity contribution >= 4 is 5.97 Å². The highest BCUT2D eigenvalue weighted by Crippen LogP contribution is 2.21. The van der Waals surface area contributed by atoms with Crippen LogP contribution in [0, 0.1) is 0 Å². The molecule has 0 radical (unpaired) electrons. The summed E-state index contributed by atoms with van der Waals surface area (Å²) in [6, 6.07) is 9.56. The molecule has 1 aliphatic rings. The highest BCUT2D eigenvalue weighted by atomic mass is 16.7. The molecule has 0 spiro atoms. The molecule has 0 aliphatic carbocycles. The fraction of sp³-hybridized carbons (Fsp3) is 0.562. The summed E-state index contributed by atoms with van der Waals surface area (Å²) in [6.07, 6.45) is 1.61.